The van der Waals surface area contributed by atoms with Crippen molar-refractivity contribution >= 4 is 35.8 Å². The quantitative estimate of drug-likeness (QED) is 0.424. The third kappa shape index (κ3) is 5.33. The van der Waals surface area contributed by atoms with Gasteiger partial charge in [0.25, 0.3) is 0 Å². The van der Waals surface area contributed by atoms with Gasteiger partial charge in [0, 0.05) is 18.0 Å². The highest BCUT2D eigenvalue weighted by molar-refractivity contribution is 14.0. The molecular weight excluding hydrogens is 417 g/mol. The molecule has 1 fully saturated rings. The van der Waals surface area contributed by atoms with Crippen LogP contribution in [0.4, 0.5) is 5.82 Å². The minimum Gasteiger partial charge on any atom is -0.474 e. The lowest BCUT2D eigenvalue weighted by Gasteiger charge is -2.14. The summed E-state index contributed by atoms with van der Waals surface area (Å²) in [5, 5.41) is 2.96. The lowest BCUT2D eigenvalue weighted by molar-refractivity contribution is 0.199. The maximum Gasteiger partial charge on any atom is 0.218 e. The van der Waals surface area contributed by atoms with Crippen molar-refractivity contribution in [2.75, 3.05) is 5.32 Å². The summed E-state index contributed by atoms with van der Waals surface area (Å²) < 4.78 is 6.00. The molecule has 128 valence electrons. The van der Waals surface area contributed by atoms with Gasteiger partial charge in [0.15, 0.2) is 5.96 Å². The molecule has 7 heteroatoms. The van der Waals surface area contributed by atoms with Crippen molar-refractivity contribution in [1.82, 2.24) is 9.97 Å². The van der Waals surface area contributed by atoms with Crippen LogP contribution >= 0.6 is 24.0 Å². The predicted octanol–water partition coefficient (Wildman–Crippen LogP) is 3.34. The molecule has 3 N–H and O–H groups in total. The van der Waals surface area contributed by atoms with Gasteiger partial charge in [-0.05, 0) is 43.9 Å². The van der Waals surface area contributed by atoms with Gasteiger partial charge in [0.05, 0.1) is 6.54 Å². The average Bonchev–Trinajstić information content (AvgIpc) is 3.08. The molecule has 1 aliphatic rings. The molecule has 0 amide bonds. The fourth-order valence-electron chi connectivity index (χ4n) is 2.59. The van der Waals surface area contributed by atoms with E-state index in [4.69, 9.17) is 10.5 Å². The second kappa shape index (κ2) is 9.41. The Bertz CT molecular complexity index is 659. The lowest BCUT2D eigenvalue weighted by atomic mass is 10.2. The van der Waals surface area contributed by atoms with Crippen LogP contribution in [0.25, 0.3) is 0 Å². The number of nitrogens with one attached hydrogen (secondary N) is 1. The van der Waals surface area contributed by atoms with Crippen molar-refractivity contribution < 1.29 is 4.74 Å². The molecular formula is C17H22IN5O. The Morgan fingerprint density at radius 3 is 2.71 bits per heavy atom. The van der Waals surface area contributed by atoms with Crippen molar-refractivity contribution in [2.45, 2.75) is 38.3 Å². The maximum absolute atomic E-state index is 6.00. The number of guanidine groups is 1. The normalized spacial score (nSPS) is 14.9. The van der Waals surface area contributed by atoms with E-state index in [-0.39, 0.29) is 30.1 Å². The topological polar surface area (TPSA) is 85.4 Å². The fourth-order valence-corrected chi connectivity index (χ4v) is 2.59. The smallest absolute Gasteiger partial charge is 0.218 e. The van der Waals surface area contributed by atoms with Crippen molar-refractivity contribution in [3.05, 3.63) is 48.3 Å². The molecule has 2 heterocycles. The zero-order chi connectivity index (χ0) is 15.9. The van der Waals surface area contributed by atoms with Gasteiger partial charge in [0.2, 0.25) is 5.88 Å². The number of rotatable bonds is 5. The van der Waals surface area contributed by atoms with E-state index in [0.717, 1.165) is 18.4 Å². The second-order valence-electron chi connectivity index (χ2n) is 5.53. The maximum atomic E-state index is 6.00. The van der Waals surface area contributed by atoms with E-state index < -0.39 is 0 Å². The molecule has 0 spiro atoms. The van der Waals surface area contributed by atoms with Gasteiger partial charge in [-0.25, -0.2) is 15.0 Å². The molecule has 3 rings (SSSR count). The first kappa shape index (κ1) is 18.4. The van der Waals surface area contributed by atoms with E-state index in [1.54, 1.807) is 12.4 Å². The summed E-state index contributed by atoms with van der Waals surface area (Å²) >= 11 is 0. The lowest BCUT2D eigenvalue weighted by Crippen LogP contribution is -2.23. The number of halogens is 1. The van der Waals surface area contributed by atoms with Crippen LogP contribution < -0.4 is 15.8 Å². The van der Waals surface area contributed by atoms with Crippen LogP contribution in [0, 0.1) is 0 Å². The van der Waals surface area contributed by atoms with Gasteiger partial charge >= 0.3 is 0 Å². The van der Waals surface area contributed by atoms with Gasteiger partial charge in [-0.15, -0.1) is 24.0 Å². The van der Waals surface area contributed by atoms with Crippen molar-refractivity contribution in [3.63, 3.8) is 0 Å². The first-order valence-corrected chi connectivity index (χ1v) is 7.90. The summed E-state index contributed by atoms with van der Waals surface area (Å²) in [6.07, 6.45) is 8.37. The first-order chi connectivity index (χ1) is 11.3. The molecule has 0 aromatic carbocycles. The monoisotopic (exact) mass is 439 g/mol. The van der Waals surface area contributed by atoms with Crippen molar-refractivity contribution in [1.29, 1.82) is 0 Å². The Labute approximate surface area is 159 Å². The van der Waals surface area contributed by atoms with Gasteiger partial charge < -0.3 is 15.8 Å². The summed E-state index contributed by atoms with van der Waals surface area (Å²) in [6.45, 7) is 0.418. The number of ether oxygens (including phenoxy) is 1. The number of pyridine rings is 2. The molecule has 0 saturated heterocycles. The molecule has 0 unspecified atom stereocenters. The van der Waals surface area contributed by atoms with E-state index in [1.807, 2.05) is 30.3 Å². The van der Waals surface area contributed by atoms with E-state index in [2.05, 4.69) is 20.3 Å². The third-order valence-corrected chi connectivity index (χ3v) is 3.77. The van der Waals surface area contributed by atoms with E-state index in [9.17, 15) is 0 Å². The fraction of sp³-hybridized carbons (Fsp3) is 0.353. The molecule has 2 aromatic heterocycles. The molecule has 24 heavy (non-hydrogen) atoms. The van der Waals surface area contributed by atoms with Crippen LogP contribution in [0.1, 0.15) is 31.2 Å². The minimum absolute atomic E-state index is 0. The molecule has 1 saturated carbocycles. The number of aromatic nitrogens is 2. The van der Waals surface area contributed by atoms with Gasteiger partial charge in [-0.3, -0.25) is 0 Å². The summed E-state index contributed by atoms with van der Waals surface area (Å²) in [5.74, 6) is 1.65. The summed E-state index contributed by atoms with van der Waals surface area (Å²) in [5.41, 5.74) is 6.84. The Morgan fingerprint density at radius 2 is 1.96 bits per heavy atom. The molecule has 0 radical (unpaired) electrons. The van der Waals surface area contributed by atoms with Gasteiger partial charge in [0.1, 0.15) is 11.9 Å². The van der Waals surface area contributed by atoms with Gasteiger partial charge in [-0.2, -0.15) is 0 Å². The van der Waals surface area contributed by atoms with Crippen LogP contribution in [0.5, 0.6) is 5.88 Å². The van der Waals surface area contributed by atoms with Crippen LogP contribution in [-0.2, 0) is 6.54 Å². The van der Waals surface area contributed by atoms with Crippen LogP contribution in [0.15, 0.2) is 47.7 Å². The van der Waals surface area contributed by atoms with Crippen LogP contribution in [0.2, 0.25) is 0 Å². The molecule has 0 bridgehead atoms. The number of anilines is 1. The molecule has 0 atom stereocenters. The third-order valence-electron chi connectivity index (χ3n) is 3.77. The van der Waals surface area contributed by atoms with Crippen molar-refractivity contribution in [2.24, 2.45) is 10.7 Å². The summed E-state index contributed by atoms with van der Waals surface area (Å²) in [4.78, 5) is 12.8. The van der Waals surface area contributed by atoms with E-state index >= 15 is 0 Å². The second-order valence-corrected chi connectivity index (χ2v) is 5.53. The molecule has 2 aromatic rings. The Morgan fingerprint density at radius 1 is 1.17 bits per heavy atom. The molecule has 1 aliphatic carbocycles. The SMILES string of the molecule is I.NC(=NCc1cccnc1OC1CCCC1)Nc1ccccn1. The molecule has 6 nitrogen and oxygen atoms in total. The first-order valence-electron chi connectivity index (χ1n) is 7.90. The zero-order valence-electron chi connectivity index (χ0n) is 13.4. The number of hydrogen-bond acceptors (Lipinski definition) is 4. The molecule has 0 aliphatic heterocycles. The van der Waals surface area contributed by atoms with E-state index in [0.29, 0.717) is 24.2 Å². The number of nitrogens with zero attached hydrogens (tertiary/aromatic N) is 3. The zero-order valence-corrected chi connectivity index (χ0v) is 15.7. The Kier molecular flexibility index (Phi) is 7.23. The summed E-state index contributed by atoms with van der Waals surface area (Å²) in [6, 6.07) is 9.42. The summed E-state index contributed by atoms with van der Waals surface area (Å²) in [7, 11) is 0. The largest absolute Gasteiger partial charge is 0.474 e. The average molecular weight is 439 g/mol. The van der Waals surface area contributed by atoms with Crippen molar-refractivity contribution in [3.8, 4) is 5.88 Å². The van der Waals surface area contributed by atoms with Crippen LogP contribution in [0.3, 0.4) is 0 Å². The van der Waals surface area contributed by atoms with E-state index in [1.165, 1.54) is 12.8 Å². The Hall–Kier alpha value is -1.90. The number of aliphatic imine (C=N–C) groups is 1. The van der Waals surface area contributed by atoms with Crippen LogP contribution in [-0.4, -0.2) is 22.0 Å². The van der Waals surface area contributed by atoms with Gasteiger partial charge in [-0.1, -0.05) is 12.1 Å². The highest BCUT2D eigenvalue weighted by atomic mass is 127. The highest BCUT2D eigenvalue weighted by Crippen LogP contribution is 2.25. The number of hydrogen-bond donors (Lipinski definition) is 2. The Balaban J connectivity index is 0.00000208. The highest BCUT2D eigenvalue weighted by Gasteiger charge is 2.18. The standard InChI is InChI=1S/C17H21N5O.HI/c18-17(22-15-9-3-4-10-19-15)21-12-13-6-5-11-20-16(13)23-14-7-1-2-8-14;/h3-6,9-11,14H,1-2,7-8,12H2,(H3,18,19,21,22);1H. The minimum atomic E-state index is 0. The number of nitrogens with two attached hydrogens (primary N) is 1. The predicted molar refractivity (Wildman–Crippen MR) is 106 cm³/mol.